The maximum Gasteiger partial charge on any atom is 0.251 e. The van der Waals surface area contributed by atoms with Crippen LogP contribution in [0.1, 0.15) is 10.4 Å². The number of carbonyl (C=O) groups is 1. The fourth-order valence-electron chi connectivity index (χ4n) is 1.65. The van der Waals surface area contributed by atoms with E-state index < -0.39 is 10.0 Å². The predicted molar refractivity (Wildman–Crippen MR) is 78.2 cm³/mol. The van der Waals surface area contributed by atoms with Crippen LogP contribution in [0, 0.1) is 0 Å². The fraction of sp³-hybridized carbons (Fsp3) is 0.143. The number of benzene rings is 1. The summed E-state index contributed by atoms with van der Waals surface area (Å²) in [6.07, 6.45) is 3.04. The van der Waals surface area contributed by atoms with Gasteiger partial charge in [0.05, 0.1) is 4.90 Å². The molecule has 0 aliphatic heterocycles. The van der Waals surface area contributed by atoms with Crippen molar-refractivity contribution in [2.24, 2.45) is 0 Å². The summed E-state index contributed by atoms with van der Waals surface area (Å²) in [6, 6.07) is 11.2. The van der Waals surface area contributed by atoms with Gasteiger partial charge in [0.1, 0.15) is 0 Å². The van der Waals surface area contributed by atoms with Crippen molar-refractivity contribution < 1.29 is 13.2 Å². The number of amides is 1. The maximum absolute atomic E-state index is 11.9. The van der Waals surface area contributed by atoms with Crippen molar-refractivity contribution in [2.75, 3.05) is 13.1 Å². The highest BCUT2D eigenvalue weighted by Gasteiger charge is 2.12. The molecule has 0 unspecified atom stereocenters. The number of rotatable bonds is 6. The molecule has 0 aliphatic rings. The molecular weight excluding hydrogens is 290 g/mol. The second kappa shape index (κ2) is 6.96. The molecule has 1 aromatic carbocycles. The largest absolute Gasteiger partial charge is 0.351 e. The molecular formula is C14H15N3O3S. The van der Waals surface area contributed by atoms with Crippen LogP contribution in [-0.2, 0) is 10.0 Å². The Labute approximate surface area is 123 Å². The highest BCUT2D eigenvalue weighted by molar-refractivity contribution is 7.89. The molecule has 0 atom stereocenters. The first-order valence-electron chi connectivity index (χ1n) is 6.32. The Balaban J connectivity index is 1.81. The molecule has 1 amide bonds. The molecule has 21 heavy (non-hydrogen) atoms. The number of carbonyl (C=O) groups excluding carboxylic acids is 1. The van der Waals surface area contributed by atoms with Gasteiger partial charge in [0.2, 0.25) is 10.0 Å². The minimum Gasteiger partial charge on any atom is -0.351 e. The molecule has 2 rings (SSSR count). The zero-order chi connectivity index (χ0) is 15.1. The van der Waals surface area contributed by atoms with Crippen molar-refractivity contribution in [3.63, 3.8) is 0 Å². The summed E-state index contributed by atoms with van der Waals surface area (Å²) in [5.41, 5.74) is 0.482. The van der Waals surface area contributed by atoms with Gasteiger partial charge in [0.15, 0.2) is 0 Å². The Morgan fingerprint density at radius 3 is 2.33 bits per heavy atom. The van der Waals surface area contributed by atoms with Crippen molar-refractivity contribution in [3.8, 4) is 0 Å². The lowest BCUT2D eigenvalue weighted by Crippen LogP contribution is -2.34. The summed E-state index contributed by atoms with van der Waals surface area (Å²) in [5.74, 6) is -0.267. The molecule has 0 saturated heterocycles. The van der Waals surface area contributed by atoms with Crippen LogP contribution < -0.4 is 10.0 Å². The Bertz CT molecular complexity index is 688. The average molecular weight is 305 g/mol. The summed E-state index contributed by atoms with van der Waals surface area (Å²) >= 11 is 0. The van der Waals surface area contributed by atoms with Gasteiger partial charge in [0, 0.05) is 31.0 Å². The van der Waals surface area contributed by atoms with E-state index in [4.69, 9.17) is 0 Å². The third kappa shape index (κ3) is 4.37. The molecule has 0 radical (unpaired) electrons. The quantitative estimate of drug-likeness (QED) is 0.772. The standard InChI is InChI=1S/C14H15N3O3S/c18-14(12-6-8-15-9-7-12)16-10-11-17-21(19,20)13-4-2-1-3-5-13/h1-9,17H,10-11H2,(H,16,18). The number of aromatic nitrogens is 1. The predicted octanol–water partition coefficient (Wildman–Crippen LogP) is 0.790. The minimum atomic E-state index is -3.53. The van der Waals surface area contributed by atoms with Gasteiger partial charge in [-0.15, -0.1) is 0 Å². The van der Waals surface area contributed by atoms with E-state index in [1.165, 1.54) is 24.5 Å². The average Bonchev–Trinajstić information content (AvgIpc) is 2.53. The molecule has 0 aliphatic carbocycles. The van der Waals surface area contributed by atoms with Crippen molar-refractivity contribution in [3.05, 3.63) is 60.4 Å². The van der Waals surface area contributed by atoms with Crippen LogP contribution in [-0.4, -0.2) is 32.4 Å². The summed E-state index contributed by atoms with van der Waals surface area (Å²) in [5, 5.41) is 2.63. The second-order valence-corrected chi connectivity index (χ2v) is 5.97. The number of hydrogen-bond donors (Lipinski definition) is 2. The SMILES string of the molecule is O=C(NCCNS(=O)(=O)c1ccccc1)c1ccncc1. The van der Waals surface area contributed by atoms with Crippen LogP contribution in [0.4, 0.5) is 0 Å². The van der Waals surface area contributed by atoms with Crippen molar-refractivity contribution in [2.45, 2.75) is 4.90 Å². The Kier molecular flexibility index (Phi) is 5.02. The minimum absolute atomic E-state index is 0.119. The van der Waals surface area contributed by atoms with Crippen LogP contribution in [0.2, 0.25) is 0 Å². The topological polar surface area (TPSA) is 88.2 Å². The third-order valence-corrected chi connectivity index (χ3v) is 4.18. The zero-order valence-corrected chi connectivity index (χ0v) is 12.0. The zero-order valence-electron chi connectivity index (χ0n) is 11.2. The van der Waals surface area contributed by atoms with Crippen molar-refractivity contribution in [1.29, 1.82) is 0 Å². The molecule has 2 N–H and O–H groups in total. The lowest BCUT2D eigenvalue weighted by molar-refractivity contribution is 0.0954. The molecule has 0 bridgehead atoms. The van der Waals surface area contributed by atoms with Gasteiger partial charge in [-0.2, -0.15) is 0 Å². The fourth-order valence-corrected chi connectivity index (χ4v) is 2.70. The first kappa shape index (κ1) is 15.1. The Hall–Kier alpha value is -2.25. The van der Waals surface area contributed by atoms with Crippen LogP contribution in [0.15, 0.2) is 59.8 Å². The molecule has 7 heteroatoms. The highest BCUT2D eigenvalue weighted by atomic mass is 32.2. The second-order valence-electron chi connectivity index (χ2n) is 4.20. The molecule has 110 valence electrons. The van der Waals surface area contributed by atoms with Crippen LogP contribution >= 0.6 is 0 Å². The van der Waals surface area contributed by atoms with Gasteiger partial charge in [-0.25, -0.2) is 13.1 Å². The molecule has 0 fully saturated rings. The van der Waals surface area contributed by atoms with Gasteiger partial charge in [-0.1, -0.05) is 18.2 Å². The summed E-state index contributed by atoms with van der Waals surface area (Å²) in [4.78, 5) is 15.7. The first-order chi connectivity index (χ1) is 10.1. The van der Waals surface area contributed by atoms with E-state index in [0.29, 0.717) is 5.56 Å². The number of nitrogens with one attached hydrogen (secondary N) is 2. The Morgan fingerprint density at radius 2 is 1.67 bits per heavy atom. The van der Waals surface area contributed by atoms with Crippen LogP contribution in [0.3, 0.4) is 0 Å². The Morgan fingerprint density at radius 1 is 1.00 bits per heavy atom. The third-order valence-electron chi connectivity index (χ3n) is 2.70. The highest BCUT2D eigenvalue weighted by Crippen LogP contribution is 2.06. The van der Waals surface area contributed by atoms with Crippen LogP contribution in [0.25, 0.3) is 0 Å². The molecule has 6 nitrogen and oxygen atoms in total. The van der Waals surface area contributed by atoms with Gasteiger partial charge < -0.3 is 5.32 Å². The van der Waals surface area contributed by atoms with E-state index in [2.05, 4.69) is 15.0 Å². The molecule has 0 spiro atoms. The van der Waals surface area contributed by atoms with Crippen LogP contribution in [0.5, 0.6) is 0 Å². The molecule has 1 heterocycles. The summed E-state index contributed by atoms with van der Waals surface area (Å²) in [6.45, 7) is 0.321. The number of nitrogens with zero attached hydrogens (tertiary/aromatic N) is 1. The normalized spacial score (nSPS) is 11.0. The summed E-state index contributed by atoms with van der Waals surface area (Å²) in [7, 11) is -3.53. The lowest BCUT2D eigenvalue weighted by Gasteiger charge is -2.08. The van der Waals surface area contributed by atoms with E-state index in [9.17, 15) is 13.2 Å². The summed E-state index contributed by atoms with van der Waals surface area (Å²) < 4.78 is 26.3. The number of hydrogen-bond acceptors (Lipinski definition) is 4. The van der Waals surface area contributed by atoms with Crippen molar-refractivity contribution >= 4 is 15.9 Å². The smallest absolute Gasteiger partial charge is 0.251 e. The molecule has 1 aromatic heterocycles. The monoisotopic (exact) mass is 305 g/mol. The lowest BCUT2D eigenvalue weighted by atomic mass is 10.2. The van der Waals surface area contributed by atoms with E-state index in [1.807, 2.05) is 0 Å². The molecule has 0 saturated carbocycles. The first-order valence-corrected chi connectivity index (χ1v) is 7.81. The van der Waals surface area contributed by atoms with E-state index in [-0.39, 0.29) is 23.9 Å². The van der Waals surface area contributed by atoms with Crippen molar-refractivity contribution in [1.82, 2.24) is 15.0 Å². The molecule has 2 aromatic rings. The number of sulfonamides is 1. The van der Waals surface area contributed by atoms with Gasteiger partial charge >= 0.3 is 0 Å². The maximum atomic E-state index is 11.9. The van der Waals surface area contributed by atoms with Gasteiger partial charge in [-0.3, -0.25) is 9.78 Å². The van der Waals surface area contributed by atoms with Gasteiger partial charge in [-0.05, 0) is 24.3 Å². The van der Waals surface area contributed by atoms with E-state index >= 15 is 0 Å². The number of pyridine rings is 1. The van der Waals surface area contributed by atoms with E-state index in [1.54, 1.807) is 30.3 Å². The van der Waals surface area contributed by atoms with Gasteiger partial charge in [0.25, 0.3) is 5.91 Å². The van der Waals surface area contributed by atoms with E-state index in [0.717, 1.165) is 0 Å².